The summed E-state index contributed by atoms with van der Waals surface area (Å²) >= 11 is 5.44. The fourth-order valence-corrected chi connectivity index (χ4v) is 8.10. The Kier molecular flexibility index (Phi) is 3.72. The Morgan fingerprint density at radius 3 is 2.90 bits per heavy atom. The minimum absolute atomic E-state index is 0.0799. The molecule has 1 aromatic carbocycles. The molecule has 0 amide bonds. The minimum atomic E-state index is -0.914. The molecule has 0 unspecified atom stereocenters. The first-order valence-corrected chi connectivity index (χ1v) is 11.2. The van der Waals surface area contributed by atoms with Gasteiger partial charge in [-0.1, -0.05) is 25.1 Å². The molecule has 160 valence electrons. The Morgan fingerprint density at radius 2 is 2.17 bits per heavy atom. The average molecular weight is 429 g/mol. The molecule has 0 bridgehead atoms. The van der Waals surface area contributed by atoms with Crippen molar-refractivity contribution in [1.29, 1.82) is 0 Å². The molecule has 1 aromatic rings. The summed E-state index contributed by atoms with van der Waals surface area (Å²) < 4.78 is 18.1. The van der Waals surface area contributed by atoms with Gasteiger partial charge in [0.25, 0.3) is 0 Å². The number of aliphatic hydroxyl groups excluding tert-OH is 1. The Bertz CT molecular complexity index is 969. The quantitative estimate of drug-likeness (QED) is 0.585. The van der Waals surface area contributed by atoms with Crippen molar-refractivity contribution in [2.45, 2.75) is 49.0 Å². The topological polar surface area (TPSA) is 54.4 Å². The third kappa shape index (κ3) is 1.83. The van der Waals surface area contributed by atoms with Crippen LogP contribution in [0.4, 0.5) is 5.69 Å². The fourth-order valence-electron chi connectivity index (χ4n) is 7.84. The van der Waals surface area contributed by atoms with Crippen molar-refractivity contribution in [2.75, 3.05) is 38.8 Å². The van der Waals surface area contributed by atoms with Crippen molar-refractivity contribution in [2.24, 2.45) is 5.41 Å². The van der Waals surface area contributed by atoms with Gasteiger partial charge in [-0.05, 0) is 31.0 Å². The number of ether oxygens (including phenoxy) is 3. The normalized spacial score (nSPS) is 42.9. The van der Waals surface area contributed by atoms with E-state index in [1.54, 1.807) is 7.11 Å². The first-order chi connectivity index (χ1) is 14.5. The zero-order chi connectivity index (χ0) is 20.9. The molecule has 0 aromatic heterocycles. The zero-order valence-electron chi connectivity index (χ0n) is 17.6. The number of nitrogens with zero attached hydrogens (tertiary/aromatic N) is 2. The zero-order valence-corrected chi connectivity index (χ0v) is 18.4. The van der Waals surface area contributed by atoms with E-state index in [-0.39, 0.29) is 40.9 Å². The van der Waals surface area contributed by atoms with Crippen molar-refractivity contribution in [3.05, 3.63) is 35.9 Å². The highest BCUT2D eigenvalue weighted by molar-refractivity contribution is 7.79. The van der Waals surface area contributed by atoms with Crippen LogP contribution in [-0.2, 0) is 14.9 Å². The number of benzene rings is 1. The molecule has 30 heavy (non-hydrogen) atoms. The third-order valence-electron chi connectivity index (χ3n) is 8.65. The number of thiocarbonyl (C=S) groups is 1. The van der Waals surface area contributed by atoms with E-state index in [4.69, 9.17) is 26.4 Å². The molecule has 3 fully saturated rings. The second kappa shape index (κ2) is 5.90. The van der Waals surface area contributed by atoms with Gasteiger partial charge in [0.1, 0.15) is 5.75 Å². The molecule has 5 aliphatic rings. The summed E-state index contributed by atoms with van der Waals surface area (Å²) in [6, 6.07) is 6.59. The highest BCUT2D eigenvalue weighted by Crippen LogP contribution is 2.68. The predicted octanol–water partition coefficient (Wildman–Crippen LogP) is 2.24. The van der Waals surface area contributed by atoms with Crippen molar-refractivity contribution in [3.63, 3.8) is 0 Å². The lowest BCUT2D eigenvalue weighted by atomic mass is 9.48. The molecule has 4 aliphatic heterocycles. The van der Waals surface area contributed by atoms with E-state index in [1.807, 2.05) is 0 Å². The monoisotopic (exact) mass is 428 g/mol. The second-order valence-electron chi connectivity index (χ2n) is 9.42. The predicted molar refractivity (Wildman–Crippen MR) is 117 cm³/mol. The molecule has 1 saturated carbocycles. The number of methoxy groups -OCH3 is 1. The average Bonchev–Trinajstić information content (AvgIpc) is 3.40. The summed E-state index contributed by atoms with van der Waals surface area (Å²) in [5.41, 5.74) is 1.10. The molecule has 0 radical (unpaired) electrons. The number of likely N-dealkylation sites (N-methyl/N-ethyl adjacent to an activating group) is 1. The lowest BCUT2D eigenvalue weighted by Gasteiger charge is -2.62. The molecule has 6 rings (SSSR count). The van der Waals surface area contributed by atoms with Crippen molar-refractivity contribution in [1.82, 2.24) is 4.90 Å². The van der Waals surface area contributed by atoms with E-state index in [0.29, 0.717) is 0 Å². The highest BCUT2D eigenvalue weighted by atomic mass is 32.1. The van der Waals surface area contributed by atoms with Crippen molar-refractivity contribution in [3.8, 4) is 5.75 Å². The van der Waals surface area contributed by atoms with Crippen LogP contribution >= 0.6 is 12.2 Å². The Balaban J connectivity index is 1.69. The minimum Gasteiger partial charge on any atom is -0.497 e. The van der Waals surface area contributed by atoms with E-state index in [0.717, 1.165) is 37.4 Å². The largest absolute Gasteiger partial charge is 0.497 e. The number of fused-ring (bicyclic) bond motifs is 4. The number of hydrogen-bond donors (Lipinski definition) is 1. The molecule has 2 saturated heterocycles. The maximum atomic E-state index is 10.9. The van der Waals surface area contributed by atoms with E-state index in [1.165, 1.54) is 5.56 Å². The van der Waals surface area contributed by atoms with Crippen LogP contribution in [0.15, 0.2) is 30.4 Å². The Hall–Kier alpha value is -1.83. The molecular weight excluding hydrogens is 400 g/mol. The summed E-state index contributed by atoms with van der Waals surface area (Å²) in [6.07, 6.45) is 6.18. The van der Waals surface area contributed by atoms with Crippen LogP contribution in [0, 0.1) is 5.41 Å². The van der Waals surface area contributed by atoms with Gasteiger partial charge in [-0.15, -0.1) is 0 Å². The van der Waals surface area contributed by atoms with Crippen LogP contribution < -0.4 is 9.64 Å². The molecule has 6 atom stereocenters. The van der Waals surface area contributed by atoms with Crippen LogP contribution in [0.5, 0.6) is 5.75 Å². The van der Waals surface area contributed by atoms with Crippen LogP contribution in [0.1, 0.15) is 25.3 Å². The van der Waals surface area contributed by atoms with Gasteiger partial charge in [-0.2, -0.15) is 0 Å². The molecule has 7 heteroatoms. The number of hydrogen-bond acceptors (Lipinski definition) is 7. The molecule has 4 heterocycles. The summed E-state index contributed by atoms with van der Waals surface area (Å²) in [5, 5.41) is 11.0. The van der Waals surface area contributed by atoms with E-state index < -0.39 is 5.60 Å². The van der Waals surface area contributed by atoms with Gasteiger partial charge >= 0.3 is 5.24 Å². The molecule has 1 spiro atoms. The standard InChI is InChI=1S/C23H28N2O4S/c1-4-21-8-5-10-25-11-9-22(17(21)25)15-7-6-14(27-3)12-16(15)24(2)18(22)23(13-26)19(21)28-20(30)29-23/h5-8,12,17-19,26H,4,9-11,13H2,1-3H3/t17-,18+,19+,21+,22+,23-/m0/s1. The second-order valence-corrected chi connectivity index (χ2v) is 9.75. The highest BCUT2D eigenvalue weighted by Gasteiger charge is 2.80. The van der Waals surface area contributed by atoms with Gasteiger partial charge in [-0.3, -0.25) is 4.90 Å². The fraction of sp³-hybridized carbons (Fsp3) is 0.609. The van der Waals surface area contributed by atoms with Crippen molar-refractivity contribution < 1.29 is 19.3 Å². The first-order valence-electron chi connectivity index (χ1n) is 10.8. The summed E-state index contributed by atoms with van der Waals surface area (Å²) in [5.74, 6) is 0.838. The maximum Gasteiger partial charge on any atom is 0.353 e. The number of anilines is 1. The number of aliphatic hydroxyl groups is 1. The maximum absolute atomic E-state index is 10.9. The summed E-state index contributed by atoms with van der Waals surface area (Å²) in [4.78, 5) is 4.90. The smallest absolute Gasteiger partial charge is 0.353 e. The Morgan fingerprint density at radius 1 is 1.33 bits per heavy atom. The van der Waals surface area contributed by atoms with Crippen LogP contribution in [-0.4, -0.2) is 72.9 Å². The van der Waals surface area contributed by atoms with Gasteiger partial charge in [0, 0.05) is 54.4 Å². The first kappa shape index (κ1) is 18.9. The van der Waals surface area contributed by atoms with E-state index in [9.17, 15) is 5.11 Å². The summed E-state index contributed by atoms with van der Waals surface area (Å²) in [6.45, 7) is 4.05. The van der Waals surface area contributed by atoms with Crippen LogP contribution in [0.25, 0.3) is 0 Å². The van der Waals surface area contributed by atoms with Gasteiger partial charge in [0.15, 0.2) is 11.7 Å². The van der Waals surface area contributed by atoms with E-state index >= 15 is 0 Å². The van der Waals surface area contributed by atoms with Gasteiger partial charge in [0.2, 0.25) is 0 Å². The molecule has 6 nitrogen and oxygen atoms in total. The van der Waals surface area contributed by atoms with Gasteiger partial charge in [0.05, 0.1) is 19.8 Å². The van der Waals surface area contributed by atoms with Crippen LogP contribution in [0.3, 0.4) is 0 Å². The molecule has 1 aliphatic carbocycles. The van der Waals surface area contributed by atoms with Gasteiger partial charge in [-0.25, -0.2) is 0 Å². The lowest BCUT2D eigenvalue weighted by molar-refractivity contribution is -0.153. The SMILES string of the molecule is CC[C@]12C=CCN3CC[C@@]4(c5ccc(OC)cc5N(C)[C@H]4[C@]4(CO)OC(=S)O[C@H]14)[C@@H]32. The van der Waals surface area contributed by atoms with Crippen molar-refractivity contribution >= 4 is 23.1 Å². The molecule has 1 N–H and O–H groups in total. The van der Waals surface area contributed by atoms with Crippen LogP contribution in [0.2, 0.25) is 0 Å². The third-order valence-corrected chi connectivity index (χ3v) is 8.83. The summed E-state index contributed by atoms with van der Waals surface area (Å²) in [7, 11) is 3.81. The number of rotatable bonds is 3. The van der Waals surface area contributed by atoms with Gasteiger partial charge < -0.3 is 24.2 Å². The van der Waals surface area contributed by atoms with E-state index in [2.05, 4.69) is 54.1 Å². The Labute approximate surface area is 182 Å². The lowest BCUT2D eigenvalue weighted by Crippen LogP contribution is -2.78. The molecular formula is C23H28N2O4S.